The molecule has 11 heteroatoms. The first-order valence-electron chi connectivity index (χ1n) is 7.78. The zero-order valence-electron chi connectivity index (χ0n) is 13.8. The molecular formula is C15H18F6N2O2S. The number of nitrogens with one attached hydrogen (secondary N) is 1. The highest BCUT2D eigenvalue weighted by atomic mass is 32.1. The van der Waals surface area contributed by atoms with E-state index in [4.69, 9.17) is 4.74 Å². The number of rotatable bonds is 6. The molecule has 0 radical (unpaired) electrons. The van der Waals surface area contributed by atoms with Gasteiger partial charge in [-0.2, -0.15) is 26.3 Å². The normalized spacial score (nSPS) is 19.2. The van der Waals surface area contributed by atoms with Gasteiger partial charge in [-0.1, -0.05) is 6.07 Å². The first-order chi connectivity index (χ1) is 12.0. The molecule has 0 unspecified atom stereocenters. The average Bonchev–Trinajstić information content (AvgIpc) is 3.14. The van der Waals surface area contributed by atoms with Crippen LogP contribution in [0.2, 0.25) is 0 Å². The summed E-state index contributed by atoms with van der Waals surface area (Å²) in [6.45, 7) is -0.335. The van der Waals surface area contributed by atoms with E-state index in [-0.39, 0.29) is 11.5 Å². The van der Waals surface area contributed by atoms with Gasteiger partial charge in [0.05, 0.1) is 6.10 Å². The fourth-order valence-electron chi connectivity index (χ4n) is 2.94. The van der Waals surface area contributed by atoms with E-state index >= 15 is 0 Å². The molecule has 26 heavy (non-hydrogen) atoms. The van der Waals surface area contributed by atoms with Crippen LogP contribution >= 0.6 is 11.3 Å². The summed E-state index contributed by atoms with van der Waals surface area (Å²) in [5.41, 5.74) is -4.50. The van der Waals surface area contributed by atoms with Crippen LogP contribution in [0.5, 0.6) is 0 Å². The molecule has 0 aromatic carbocycles. The van der Waals surface area contributed by atoms with Crippen LogP contribution in [0.15, 0.2) is 17.5 Å². The van der Waals surface area contributed by atoms with Gasteiger partial charge in [0.1, 0.15) is 0 Å². The van der Waals surface area contributed by atoms with Crippen LogP contribution in [0.1, 0.15) is 24.6 Å². The van der Waals surface area contributed by atoms with Crippen molar-refractivity contribution in [2.24, 2.45) is 0 Å². The zero-order chi connectivity index (χ0) is 19.6. The van der Waals surface area contributed by atoms with Gasteiger partial charge < -0.3 is 10.1 Å². The van der Waals surface area contributed by atoms with E-state index in [9.17, 15) is 31.1 Å². The molecule has 1 aliphatic rings. The Morgan fingerprint density at radius 1 is 1.31 bits per heavy atom. The van der Waals surface area contributed by atoms with Gasteiger partial charge in [0.25, 0.3) is 5.66 Å². The fraction of sp³-hybridized carbons (Fsp3) is 0.667. The maximum Gasteiger partial charge on any atom is 0.434 e. The average molecular weight is 404 g/mol. The first-order valence-corrected chi connectivity index (χ1v) is 8.66. The Hall–Kier alpha value is -1.33. The quantitative estimate of drug-likeness (QED) is 0.581. The third-order valence-corrected chi connectivity index (χ3v) is 4.89. The van der Waals surface area contributed by atoms with Gasteiger partial charge in [-0.25, -0.2) is 0 Å². The largest absolute Gasteiger partial charge is 0.434 e. The van der Waals surface area contributed by atoms with Crippen LogP contribution in [-0.2, 0) is 16.1 Å². The summed E-state index contributed by atoms with van der Waals surface area (Å²) in [7, 11) is 0. The Labute approximate surface area is 150 Å². The molecule has 1 fully saturated rings. The molecule has 1 atom stereocenters. The lowest BCUT2D eigenvalue weighted by atomic mass is 10.0. The highest BCUT2D eigenvalue weighted by molar-refractivity contribution is 7.09. The summed E-state index contributed by atoms with van der Waals surface area (Å²) >= 11 is 1.04. The molecule has 0 aliphatic carbocycles. The summed E-state index contributed by atoms with van der Waals surface area (Å²) in [5.74, 6) is -1.43. The zero-order valence-corrected chi connectivity index (χ0v) is 14.6. The van der Waals surface area contributed by atoms with Gasteiger partial charge in [0, 0.05) is 31.5 Å². The lowest BCUT2D eigenvalue weighted by Gasteiger charge is -2.46. The van der Waals surface area contributed by atoms with E-state index < -0.39 is 43.1 Å². The van der Waals surface area contributed by atoms with Crippen molar-refractivity contribution in [3.05, 3.63) is 22.4 Å². The van der Waals surface area contributed by atoms with Gasteiger partial charge in [0.2, 0.25) is 5.91 Å². The number of nitrogens with zero attached hydrogens (tertiary/aromatic N) is 1. The Kier molecular flexibility index (Phi) is 6.24. The van der Waals surface area contributed by atoms with E-state index in [1.54, 1.807) is 5.38 Å². The number of hydrogen-bond acceptors (Lipinski definition) is 4. The van der Waals surface area contributed by atoms with Crippen LogP contribution in [0.4, 0.5) is 26.3 Å². The molecular weight excluding hydrogens is 386 g/mol. The van der Waals surface area contributed by atoms with Crippen LogP contribution in [-0.4, -0.2) is 48.1 Å². The van der Waals surface area contributed by atoms with Crippen molar-refractivity contribution < 1.29 is 35.9 Å². The third kappa shape index (κ3) is 4.32. The van der Waals surface area contributed by atoms with E-state index in [1.807, 2.05) is 0 Å². The molecule has 0 bridgehead atoms. The topological polar surface area (TPSA) is 41.6 Å². The van der Waals surface area contributed by atoms with Crippen LogP contribution < -0.4 is 5.32 Å². The molecule has 2 heterocycles. The molecule has 1 aromatic heterocycles. The van der Waals surface area contributed by atoms with Gasteiger partial charge in [-0.15, -0.1) is 11.3 Å². The van der Waals surface area contributed by atoms with Crippen LogP contribution in [0.25, 0.3) is 0 Å². The van der Waals surface area contributed by atoms with Gasteiger partial charge in [0.15, 0.2) is 0 Å². The number of thiophene rings is 1. The summed E-state index contributed by atoms with van der Waals surface area (Å²) in [4.78, 5) is 11.9. The van der Waals surface area contributed by atoms with Crippen molar-refractivity contribution >= 4 is 17.2 Å². The molecule has 1 amide bonds. The van der Waals surface area contributed by atoms with Crippen LogP contribution in [0.3, 0.4) is 0 Å². The number of halogens is 6. The smallest absolute Gasteiger partial charge is 0.377 e. The van der Waals surface area contributed by atoms with Crippen molar-refractivity contribution in [1.82, 2.24) is 10.2 Å². The minimum atomic E-state index is -5.78. The number of carbonyl (C=O) groups is 1. The lowest BCUT2D eigenvalue weighted by molar-refractivity contribution is -0.352. The molecule has 148 valence electrons. The fourth-order valence-corrected chi connectivity index (χ4v) is 3.66. The Bertz CT molecular complexity index is 582. The monoisotopic (exact) mass is 404 g/mol. The minimum absolute atomic E-state index is 0.218. The van der Waals surface area contributed by atoms with E-state index in [0.717, 1.165) is 16.7 Å². The summed E-state index contributed by atoms with van der Waals surface area (Å²) in [6.07, 6.45) is -11.4. The molecule has 0 spiro atoms. The van der Waals surface area contributed by atoms with E-state index in [0.29, 0.717) is 24.6 Å². The summed E-state index contributed by atoms with van der Waals surface area (Å²) in [6, 6.07) is 2.98. The molecule has 1 N–H and O–H groups in total. The third-order valence-electron chi connectivity index (χ3n) is 4.03. The number of hydrogen-bond donors (Lipinski definition) is 1. The standard InChI is InChI=1S/C15H18F6N2O2S/c1-10(24)22-13(14(16,17)18,15(19,20)21)23(8-11-4-2-6-25-11)9-12-5-3-7-26-12/h3,5,7,11H,2,4,6,8-9H2,1H3,(H,22,24)/t11-/m1/s1. The Morgan fingerprint density at radius 3 is 2.38 bits per heavy atom. The number of ether oxygens (including phenoxy) is 1. The highest BCUT2D eigenvalue weighted by Crippen LogP contribution is 2.46. The maximum absolute atomic E-state index is 13.8. The molecule has 1 aromatic rings. The first kappa shape index (κ1) is 21.0. The second-order valence-corrected chi connectivity index (χ2v) is 7.01. The molecule has 2 rings (SSSR count). The SMILES string of the molecule is CC(=O)NC(N(Cc1cccs1)C[C@H]1CCCO1)(C(F)(F)F)C(F)(F)F. The van der Waals surface area contributed by atoms with Gasteiger partial charge in [-0.05, 0) is 24.3 Å². The van der Waals surface area contributed by atoms with E-state index in [1.165, 1.54) is 12.1 Å². The van der Waals surface area contributed by atoms with Crippen LogP contribution in [0, 0.1) is 0 Å². The maximum atomic E-state index is 13.8. The second kappa shape index (κ2) is 7.73. The highest BCUT2D eigenvalue weighted by Gasteiger charge is 2.75. The summed E-state index contributed by atoms with van der Waals surface area (Å²) < 4.78 is 87.9. The molecule has 0 saturated carbocycles. The van der Waals surface area contributed by atoms with Gasteiger partial charge >= 0.3 is 12.4 Å². The summed E-state index contributed by atoms with van der Waals surface area (Å²) in [5, 5.41) is 2.70. The lowest BCUT2D eigenvalue weighted by Crippen LogP contribution is -2.76. The van der Waals surface area contributed by atoms with Crippen molar-refractivity contribution in [2.75, 3.05) is 13.2 Å². The van der Waals surface area contributed by atoms with E-state index in [2.05, 4.69) is 0 Å². The predicted octanol–water partition coefficient (Wildman–Crippen LogP) is 3.69. The van der Waals surface area contributed by atoms with Crippen molar-refractivity contribution in [2.45, 2.75) is 50.4 Å². The number of alkyl halides is 6. The van der Waals surface area contributed by atoms with Crippen molar-refractivity contribution in [3.8, 4) is 0 Å². The Balaban J connectivity index is 2.51. The molecule has 1 saturated heterocycles. The van der Waals surface area contributed by atoms with Crippen molar-refractivity contribution in [1.29, 1.82) is 0 Å². The second-order valence-electron chi connectivity index (χ2n) is 5.98. The molecule has 4 nitrogen and oxygen atoms in total. The predicted molar refractivity (Wildman–Crippen MR) is 82.4 cm³/mol. The molecule has 1 aliphatic heterocycles. The minimum Gasteiger partial charge on any atom is -0.377 e. The Morgan fingerprint density at radius 2 is 1.96 bits per heavy atom. The van der Waals surface area contributed by atoms with Gasteiger partial charge in [-0.3, -0.25) is 9.69 Å². The number of carbonyl (C=O) groups excluding carboxylic acids is 1. The van der Waals surface area contributed by atoms with Crippen molar-refractivity contribution in [3.63, 3.8) is 0 Å². The number of amides is 1.